The maximum absolute atomic E-state index is 11.4. The van der Waals surface area contributed by atoms with Crippen LogP contribution in [0.1, 0.15) is 16.1 Å². The van der Waals surface area contributed by atoms with Crippen molar-refractivity contribution >= 4 is 34.8 Å². The molecule has 0 unspecified atom stereocenters. The first-order valence-electron chi connectivity index (χ1n) is 5.01. The molecule has 4 N–H and O–H groups in total. The standard InChI is InChI=1S/C11H10Cl2N4O/c1-5-9(13)4-17(16-5)10-7(11(15)18)2-6(14)3-8(10)12/h2-4H,14H2,1H3,(H2,15,18). The molecule has 0 aliphatic carbocycles. The lowest BCUT2D eigenvalue weighted by atomic mass is 10.1. The molecule has 0 atom stereocenters. The van der Waals surface area contributed by atoms with Gasteiger partial charge in [0.25, 0.3) is 5.91 Å². The third-order valence-corrected chi connectivity index (χ3v) is 3.08. The molecule has 0 aliphatic rings. The highest BCUT2D eigenvalue weighted by atomic mass is 35.5. The van der Waals surface area contributed by atoms with Gasteiger partial charge < -0.3 is 11.5 Å². The molecule has 0 saturated heterocycles. The molecular formula is C11H10Cl2N4O. The minimum atomic E-state index is -0.636. The molecule has 2 aromatic rings. The van der Waals surface area contributed by atoms with E-state index in [4.69, 9.17) is 34.7 Å². The lowest BCUT2D eigenvalue weighted by molar-refractivity contribution is 0.1000. The summed E-state index contributed by atoms with van der Waals surface area (Å²) < 4.78 is 1.42. The summed E-state index contributed by atoms with van der Waals surface area (Å²) in [5.74, 6) is -0.636. The van der Waals surface area contributed by atoms with Gasteiger partial charge in [-0.3, -0.25) is 4.79 Å². The maximum atomic E-state index is 11.4. The van der Waals surface area contributed by atoms with E-state index in [0.717, 1.165) is 0 Å². The van der Waals surface area contributed by atoms with Crippen LogP contribution in [0.25, 0.3) is 5.69 Å². The van der Waals surface area contributed by atoms with Gasteiger partial charge in [0.05, 0.1) is 27.0 Å². The van der Waals surface area contributed by atoms with E-state index in [2.05, 4.69) is 5.10 Å². The van der Waals surface area contributed by atoms with E-state index in [0.29, 0.717) is 22.1 Å². The monoisotopic (exact) mass is 284 g/mol. The van der Waals surface area contributed by atoms with Crippen LogP contribution in [0.2, 0.25) is 10.0 Å². The summed E-state index contributed by atoms with van der Waals surface area (Å²) in [7, 11) is 0. The van der Waals surface area contributed by atoms with Crippen molar-refractivity contribution in [3.05, 3.63) is 39.6 Å². The summed E-state index contributed by atoms with van der Waals surface area (Å²) >= 11 is 12.0. The summed E-state index contributed by atoms with van der Waals surface area (Å²) in [6.45, 7) is 1.74. The number of nitrogen functional groups attached to an aromatic ring is 1. The summed E-state index contributed by atoms with van der Waals surface area (Å²) in [5, 5.41) is 4.92. The molecule has 0 saturated carbocycles. The fraction of sp³-hybridized carbons (Fsp3) is 0.0909. The van der Waals surface area contributed by atoms with Gasteiger partial charge in [0.15, 0.2) is 0 Å². The van der Waals surface area contributed by atoms with Crippen LogP contribution < -0.4 is 11.5 Å². The Morgan fingerprint density at radius 2 is 2.00 bits per heavy atom. The summed E-state index contributed by atoms with van der Waals surface area (Å²) in [4.78, 5) is 11.4. The van der Waals surface area contributed by atoms with Gasteiger partial charge in [0, 0.05) is 11.9 Å². The van der Waals surface area contributed by atoms with E-state index >= 15 is 0 Å². The van der Waals surface area contributed by atoms with E-state index < -0.39 is 5.91 Å². The summed E-state index contributed by atoms with van der Waals surface area (Å²) in [5.41, 5.74) is 12.5. The van der Waals surface area contributed by atoms with Crippen molar-refractivity contribution in [2.75, 3.05) is 5.73 Å². The minimum absolute atomic E-state index is 0.194. The number of aromatic nitrogens is 2. The number of rotatable bonds is 2. The highest BCUT2D eigenvalue weighted by Gasteiger charge is 2.17. The molecular weight excluding hydrogens is 275 g/mol. The molecule has 7 heteroatoms. The molecule has 1 heterocycles. The zero-order valence-corrected chi connectivity index (χ0v) is 11.0. The zero-order valence-electron chi connectivity index (χ0n) is 9.45. The van der Waals surface area contributed by atoms with Crippen LogP contribution in [0.5, 0.6) is 0 Å². The Hall–Kier alpha value is -1.72. The number of primary amides is 1. The summed E-state index contributed by atoms with van der Waals surface area (Å²) in [6.07, 6.45) is 1.56. The van der Waals surface area contributed by atoms with E-state index in [1.807, 2.05) is 0 Å². The quantitative estimate of drug-likeness (QED) is 0.829. The number of benzene rings is 1. The molecule has 1 aromatic heterocycles. The average Bonchev–Trinajstić information content (AvgIpc) is 2.57. The van der Waals surface area contributed by atoms with Gasteiger partial charge in [0.1, 0.15) is 0 Å². The Bertz CT molecular complexity index is 617. The molecule has 0 spiro atoms. The lowest BCUT2D eigenvalue weighted by Gasteiger charge is -2.10. The lowest BCUT2D eigenvalue weighted by Crippen LogP contribution is -2.16. The Kier molecular flexibility index (Phi) is 3.19. The first-order valence-corrected chi connectivity index (χ1v) is 5.76. The highest BCUT2D eigenvalue weighted by Crippen LogP contribution is 2.28. The number of carbonyl (C=O) groups excluding carboxylic acids is 1. The molecule has 1 amide bonds. The van der Waals surface area contributed by atoms with Crippen LogP contribution in [0.3, 0.4) is 0 Å². The molecule has 1 aromatic carbocycles. The number of hydrogen-bond donors (Lipinski definition) is 2. The predicted octanol–water partition coefficient (Wildman–Crippen LogP) is 2.17. The Morgan fingerprint density at radius 3 is 2.50 bits per heavy atom. The van der Waals surface area contributed by atoms with Crippen molar-refractivity contribution in [3.63, 3.8) is 0 Å². The highest BCUT2D eigenvalue weighted by molar-refractivity contribution is 6.33. The molecule has 0 fully saturated rings. The van der Waals surface area contributed by atoms with E-state index in [1.54, 1.807) is 13.1 Å². The second-order valence-corrected chi connectivity index (χ2v) is 4.58. The Morgan fingerprint density at radius 1 is 1.33 bits per heavy atom. The normalized spacial score (nSPS) is 10.6. The SMILES string of the molecule is Cc1nn(-c2c(Cl)cc(N)cc2C(N)=O)cc1Cl. The topological polar surface area (TPSA) is 86.9 Å². The third kappa shape index (κ3) is 2.14. The van der Waals surface area contributed by atoms with Crippen LogP contribution in [0.4, 0.5) is 5.69 Å². The van der Waals surface area contributed by atoms with Gasteiger partial charge in [0.2, 0.25) is 0 Å². The fourth-order valence-electron chi connectivity index (χ4n) is 1.59. The van der Waals surface area contributed by atoms with Gasteiger partial charge in [-0.15, -0.1) is 0 Å². The van der Waals surface area contributed by atoms with Crippen molar-refractivity contribution in [2.24, 2.45) is 5.73 Å². The van der Waals surface area contributed by atoms with Crippen molar-refractivity contribution in [2.45, 2.75) is 6.92 Å². The predicted molar refractivity (Wildman–Crippen MR) is 71.3 cm³/mol. The molecule has 5 nitrogen and oxygen atoms in total. The molecule has 2 rings (SSSR count). The number of nitrogens with zero attached hydrogens (tertiary/aromatic N) is 2. The number of halogens is 2. The minimum Gasteiger partial charge on any atom is -0.399 e. The number of aryl methyl sites for hydroxylation is 1. The molecule has 0 bridgehead atoms. The van der Waals surface area contributed by atoms with Crippen LogP contribution in [-0.4, -0.2) is 15.7 Å². The van der Waals surface area contributed by atoms with Crippen molar-refractivity contribution in [1.29, 1.82) is 0 Å². The van der Waals surface area contributed by atoms with Crippen molar-refractivity contribution in [3.8, 4) is 5.69 Å². The van der Waals surface area contributed by atoms with Gasteiger partial charge in [-0.1, -0.05) is 23.2 Å². The number of nitrogens with two attached hydrogens (primary N) is 2. The number of anilines is 1. The Balaban J connectivity index is 2.73. The zero-order chi connectivity index (χ0) is 13.4. The first kappa shape index (κ1) is 12.7. The fourth-order valence-corrected chi connectivity index (χ4v) is 2.04. The third-order valence-electron chi connectivity index (χ3n) is 2.42. The Labute approximate surface area is 113 Å². The molecule has 0 aliphatic heterocycles. The second-order valence-electron chi connectivity index (χ2n) is 3.77. The van der Waals surface area contributed by atoms with E-state index in [-0.39, 0.29) is 10.6 Å². The number of carbonyl (C=O) groups is 1. The number of amides is 1. The van der Waals surface area contributed by atoms with E-state index in [1.165, 1.54) is 16.8 Å². The largest absolute Gasteiger partial charge is 0.399 e. The smallest absolute Gasteiger partial charge is 0.251 e. The van der Waals surface area contributed by atoms with Gasteiger partial charge in [-0.2, -0.15) is 5.10 Å². The molecule has 0 radical (unpaired) electrons. The van der Waals surface area contributed by atoms with Crippen LogP contribution >= 0.6 is 23.2 Å². The van der Waals surface area contributed by atoms with Crippen molar-refractivity contribution < 1.29 is 4.79 Å². The van der Waals surface area contributed by atoms with E-state index in [9.17, 15) is 4.79 Å². The first-order chi connectivity index (χ1) is 8.40. The summed E-state index contributed by atoms with van der Waals surface area (Å²) in [6, 6.07) is 2.97. The maximum Gasteiger partial charge on any atom is 0.251 e. The van der Waals surface area contributed by atoms with Crippen LogP contribution in [-0.2, 0) is 0 Å². The second kappa shape index (κ2) is 4.51. The number of hydrogen-bond acceptors (Lipinski definition) is 3. The molecule has 94 valence electrons. The van der Waals surface area contributed by atoms with Crippen molar-refractivity contribution in [1.82, 2.24) is 9.78 Å². The van der Waals surface area contributed by atoms with Gasteiger partial charge in [-0.25, -0.2) is 4.68 Å². The van der Waals surface area contributed by atoms with Crippen LogP contribution in [0.15, 0.2) is 18.3 Å². The van der Waals surface area contributed by atoms with Crippen LogP contribution in [0, 0.1) is 6.92 Å². The van der Waals surface area contributed by atoms with Gasteiger partial charge >= 0.3 is 0 Å². The molecule has 18 heavy (non-hydrogen) atoms. The average molecular weight is 285 g/mol. The van der Waals surface area contributed by atoms with Gasteiger partial charge in [-0.05, 0) is 19.1 Å².